The number of ether oxygens (including phenoxy) is 2. The maximum Gasteiger partial charge on any atom is 0.227 e. The van der Waals surface area contributed by atoms with Gasteiger partial charge in [0.05, 0.1) is 7.11 Å². The summed E-state index contributed by atoms with van der Waals surface area (Å²) in [7, 11) is 5.70. The molecule has 0 saturated heterocycles. The predicted molar refractivity (Wildman–Crippen MR) is 121 cm³/mol. The van der Waals surface area contributed by atoms with Gasteiger partial charge in [-0.1, -0.05) is 12.1 Å². The van der Waals surface area contributed by atoms with Crippen molar-refractivity contribution >= 4 is 11.6 Å². The van der Waals surface area contributed by atoms with Crippen LogP contribution in [-0.4, -0.2) is 62.3 Å². The van der Waals surface area contributed by atoms with Gasteiger partial charge >= 0.3 is 0 Å². The number of benzene rings is 2. The van der Waals surface area contributed by atoms with Crippen molar-refractivity contribution < 1.29 is 9.47 Å². The molecule has 158 valence electrons. The lowest BCUT2D eigenvalue weighted by atomic mass is 10.1. The van der Waals surface area contributed by atoms with Crippen LogP contribution in [-0.2, 0) is 0 Å². The van der Waals surface area contributed by atoms with Crippen LogP contribution in [0.1, 0.15) is 0 Å². The van der Waals surface area contributed by atoms with E-state index in [0.717, 1.165) is 47.9 Å². The fourth-order valence-corrected chi connectivity index (χ4v) is 2.82. The van der Waals surface area contributed by atoms with Crippen molar-refractivity contribution in [1.82, 2.24) is 20.2 Å². The number of methoxy groups -OCH3 is 1. The highest BCUT2D eigenvalue weighted by Crippen LogP contribution is 2.23. The number of likely N-dealkylation sites (N-methyl/N-ethyl adjacent to an activating group) is 2. The van der Waals surface area contributed by atoms with Crippen LogP contribution < -0.4 is 20.1 Å². The number of nitrogens with zero attached hydrogens (tertiary/aromatic N) is 3. The summed E-state index contributed by atoms with van der Waals surface area (Å²) in [5.41, 5.74) is 2.90. The van der Waals surface area contributed by atoms with Crippen molar-refractivity contribution in [2.75, 3.05) is 52.8 Å². The van der Waals surface area contributed by atoms with Gasteiger partial charge in [0.2, 0.25) is 5.95 Å². The standard InChI is InChI=1S/C23H29N5O2/c1-24-12-13-28(2)14-15-30-22-10-6-20(7-11-22)27-23-25-16-19(17-26-23)18-4-8-21(29-3)9-5-18/h4-11,16-17,24H,12-15H2,1-3H3,(H,25,26,27). The van der Waals surface area contributed by atoms with Crippen molar-refractivity contribution in [3.8, 4) is 22.6 Å². The van der Waals surface area contributed by atoms with E-state index in [4.69, 9.17) is 9.47 Å². The molecule has 0 unspecified atom stereocenters. The first-order chi connectivity index (χ1) is 14.7. The van der Waals surface area contributed by atoms with Crippen LogP contribution in [0.5, 0.6) is 11.5 Å². The molecule has 0 aliphatic carbocycles. The molecule has 3 rings (SSSR count). The Morgan fingerprint density at radius 3 is 2.17 bits per heavy atom. The van der Waals surface area contributed by atoms with E-state index in [0.29, 0.717) is 12.6 Å². The van der Waals surface area contributed by atoms with Gasteiger partial charge in [-0.25, -0.2) is 9.97 Å². The average molecular weight is 408 g/mol. The average Bonchev–Trinajstić information content (AvgIpc) is 2.79. The van der Waals surface area contributed by atoms with Gasteiger partial charge in [-0.05, 0) is 56.1 Å². The van der Waals surface area contributed by atoms with Crippen molar-refractivity contribution in [2.45, 2.75) is 0 Å². The van der Waals surface area contributed by atoms with Crippen LogP contribution >= 0.6 is 0 Å². The van der Waals surface area contributed by atoms with E-state index < -0.39 is 0 Å². The number of hydrogen-bond donors (Lipinski definition) is 2. The Kier molecular flexibility index (Phi) is 8.00. The summed E-state index contributed by atoms with van der Waals surface area (Å²) in [6.07, 6.45) is 3.61. The summed E-state index contributed by atoms with van der Waals surface area (Å²) < 4.78 is 11.0. The monoisotopic (exact) mass is 407 g/mol. The minimum atomic E-state index is 0.548. The molecule has 30 heavy (non-hydrogen) atoms. The third-order valence-electron chi connectivity index (χ3n) is 4.67. The Bertz CT molecular complexity index is 883. The zero-order valence-electron chi connectivity index (χ0n) is 17.8. The summed E-state index contributed by atoms with van der Waals surface area (Å²) >= 11 is 0. The molecular weight excluding hydrogens is 378 g/mol. The fourth-order valence-electron chi connectivity index (χ4n) is 2.82. The van der Waals surface area contributed by atoms with Gasteiger partial charge in [0.15, 0.2) is 0 Å². The number of hydrogen-bond acceptors (Lipinski definition) is 7. The molecule has 3 aromatic rings. The highest BCUT2D eigenvalue weighted by Gasteiger charge is 2.03. The summed E-state index contributed by atoms with van der Waals surface area (Å²) in [4.78, 5) is 11.1. The smallest absolute Gasteiger partial charge is 0.227 e. The van der Waals surface area contributed by atoms with Crippen LogP contribution in [0, 0.1) is 0 Å². The predicted octanol–water partition coefficient (Wildman–Crippen LogP) is 3.43. The van der Waals surface area contributed by atoms with Gasteiger partial charge < -0.3 is 25.0 Å². The number of aromatic nitrogens is 2. The minimum Gasteiger partial charge on any atom is -0.497 e. The second-order valence-electron chi connectivity index (χ2n) is 6.93. The van der Waals surface area contributed by atoms with Gasteiger partial charge in [-0.15, -0.1) is 0 Å². The molecule has 0 spiro atoms. The molecule has 0 amide bonds. The minimum absolute atomic E-state index is 0.548. The van der Waals surface area contributed by atoms with E-state index in [9.17, 15) is 0 Å². The normalized spacial score (nSPS) is 10.8. The van der Waals surface area contributed by atoms with Gasteiger partial charge in [0, 0.05) is 43.3 Å². The highest BCUT2D eigenvalue weighted by molar-refractivity contribution is 5.63. The number of rotatable bonds is 11. The Labute approximate surface area is 178 Å². The first kappa shape index (κ1) is 21.5. The Morgan fingerprint density at radius 1 is 0.867 bits per heavy atom. The van der Waals surface area contributed by atoms with Gasteiger partial charge in [-0.3, -0.25) is 0 Å². The first-order valence-electron chi connectivity index (χ1n) is 9.97. The van der Waals surface area contributed by atoms with Crippen molar-refractivity contribution in [2.24, 2.45) is 0 Å². The fraction of sp³-hybridized carbons (Fsp3) is 0.304. The summed E-state index contributed by atoms with van der Waals surface area (Å²) in [6, 6.07) is 15.6. The van der Waals surface area contributed by atoms with Crippen LogP contribution in [0.3, 0.4) is 0 Å². The van der Waals surface area contributed by atoms with Crippen LogP contribution in [0.4, 0.5) is 11.6 Å². The molecule has 7 nitrogen and oxygen atoms in total. The quantitative estimate of drug-likeness (QED) is 0.505. The number of nitrogens with one attached hydrogen (secondary N) is 2. The van der Waals surface area contributed by atoms with E-state index in [1.807, 2.05) is 55.6 Å². The van der Waals surface area contributed by atoms with Crippen molar-refractivity contribution in [3.05, 3.63) is 60.9 Å². The van der Waals surface area contributed by atoms with Crippen LogP contribution in [0.25, 0.3) is 11.1 Å². The molecule has 0 atom stereocenters. The summed E-state index contributed by atoms with van der Waals surface area (Å²) in [5, 5.41) is 6.36. The zero-order valence-corrected chi connectivity index (χ0v) is 17.8. The van der Waals surface area contributed by atoms with Crippen LogP contribution in [0.15, 0.2) is 60.9 Å². The highest BCUT2D eigenvalue weighted by atomic mass is 16.5. The molecular formula is C23H29N5O2. The maximum atomic E-state index is 5.81. The van der Waals surface area contributed by atoms with E-state index in [1.165, 1.54) is 0 Å². The SMILES string of the molecule is CNCCN(C)CCOc1ccc(Nc2ncc(-c3ccc(OC)cc3)cn2)cc1. The van der Waals surface area contributed by atoms with Gasteiger partial charge in [0.1, 0.15) is 18.1 Å². The third-order valence-corrected chi connectivity index (χ3v) is 4.67. The van der Waals surface area contributed by atoms with E-state index >= 15 is 0 Å². The third kappa shape index (κ3) is 6.43. The van der Waals surface area contributed by atoms with Crippen LogP contribution in [0.2, 0.25) is 0 Å². The molecule has 0 bridgehead atoms. The Hall–Kier alpha value is -3.16. The van der Waals surface area contributed by atoms with Crippen molar-refractivity contribution in [1.29, 1.82) is 0 Å². The number of anilines is 2. The van der Waals surface area contributed by atoms with E-state index in [-0.39, 0.29) is 0 Å². The lowest BCUT2D eigenvalue weighted by Gasteiger charge is -2.16. The molecule has 7 heteroatoms. The molecule has 1 heterocycles. The molecule has 2 N–H and O–H groups in total. The lowest BCUT2D eigenvalue weighted by Crippen LogP contribution is -2.30. The van der Waals surface area contributed by atoms with Gasteiger partial charge in [-0.2, -0.15) is 0 Å². The first-order valence-corrected chi connectivity index (χ1v) is 9.97. The largest absolute Gasteiger partial charge is 0.497 e. The molecule has 0 aliphatic rings. The van der Waals surface area contributed by atoms with E-state index in [1.54, 1.807) is 19.5 Å². The molecule has 0 saturated carbocycles. The summed E-state index contributed by atoms with van der Waals surface area (Å²) in [6.45, 7) is 3.51. The topological polar surface area (TPSA) is 71.5 Å². The molecule has 1 aromatic heterocycles. The molecule has 0 radical (unpaired) electrons. The Morgan fingerprint density at radius 2 is 1.53 bits per heavy atom. The van der Waals surface area contributed by atoms with Crippen molar-refractivity contribution in [3.63, 3.8) is 0 Å². The second-order valence-corrected chi connectivity index (χ2v) is 6.93. The van der Waals surface area contributed by atoms with Gasteiger partial charge in [0.25, 0.3) is 0 Å². The molecule has 0 fully saturated rings. The molecule has 2 aromatic carbocycles. The summed E-state index contributed by atoms with van der Waals surface area (Å²) in [5.74, 6) is 2.22. The van der Waals surface area contributed by atoms with E-state index in [2.05, 4.69) is 32.5 Å². The second kappa shape index (κ2) is 11.1. The molecule has 0 aliphatic heterocycles. The maximum absolute atomic E-state index is 5.81. The lowest BCUT2D eigenvalue weighted by molar-refractivity contribution is 0.238. The zero-order chi connectivity index (χ0) is 21.2. The Balaban J connectivity index is 1.50.